The molecule has 0 saturated carbocycles. The van der Waals surface area contributed by atoms with E-state index in [1.54, 1.807) is 24.3 Å². The zero-order valence-corrected chi connectivity index (χ0v) is 12.4. The molecule has 4 nitrogen and oxygen atoms in total. The summed E-state index contributed by atoms with van der Waals surface area (Å²) in [5.41, 5.74) is 1.94. The van der Waals surface area contributed by atoms with E-state index >= 15 is 0 Å². The van der Waals surface area contributed by atoms with Crippen molar-refractivity contribution in [1.29, 1.82) is 0 Å². The third-order valence-electron chi connectivity index (χ3n) is 3.45. The number of nitrogens with zero attached hydrogens (tertiary/aromatic N) is 1. The molecule has 1 aliphatic heterocycles. The van der Waals surface area contributed by atoms with Crippen LogP contribution < -0.4 is 0 Å². The second-order valence-electron chi connectivity index (χ2n) is 5.01. The summed E-state index contributed by atoms with van der Waals surface area (Å²) in [4.78, 5) is 5.55. The second-order valence-corrected chi connectivity index (χ2v) is 6.96. The van der Waals surface area contributed by atoms with Crippen LogP contribution in [0.2, 0.25) is 0 Å². The third-order valence-corrected chi connectivity index (χ3v) is 5.21. The molecule has 2 aromatic carbocycles. The van der Waals surface area contributed by atoms with Gasteiger partial charge in [0.25, 0.3) is 0 Å². The third kappa shape index (κ3) is 2.69. The summed E-state index contributed by atoms with van der Waals surface area (Å²) in [5.74, 6) is 0. The highest BCUT2D eigenvalue weighted by Gasteiger charge is 2.32. The van der Waals surface area contributed by atoms with Crippen molar-refractivity contribution in [2.45, 2.75) is 24.3 Å². The number of oxime groups is 1. The molecule has 3 rings (SSSR count). The quantitative estimate of drug-likeness (QED) is 0.855. The summed E-state index contributed by atoms with van der Waals surface area (Å²) >= 11 is 0. The van der Waals surface area contributed by atoms with E-state index in [9.17, 15) is 8.42 Å². The van der Waals surface area contributed by atoms with Gasteiger partial charge in [0.05, 0.1) is 4.90 Å². The van der Waals surface area contributed by atoms with Gasteiger partial charge in [-0.05, 0) is 24.6 Å². The van der Waals surface area contributed by atoms with Gasteiger partial charge in [-0.1, -0.05) is 53.2 Å². The zero-order chi connectivity index (χ0) is 14.9. The van der Waals surface area contributed by atoms with Crippen LogP contribution in [0, 0.1) is 6.92 Å². The minimum atomic E-state index is -3.57. The van der Waals surface area contributed by atoms with E-state index in [4.69, 9.17) is 4.84 Å². The Bertz CT molecular complexity index is 765. The van der Waals surface area contributed by atoms with Crippen LogP contribution in [0.5, 0.6) is 0 Å². The standard InChI is InChI=1S/C16H15NO3S/c1-12-7-9-14(10-8-12)21(18,19)16-11-15(20-17-16)13-5-3-2-4-6-13/h2-10,15H,11H2,1H3. The smallest absolute Gasteiger partial charge is 0.223 e. The average Bonchev–Trinajstić information content (AvgIpc) is 2.99. The van der Waals surface area contributed by atoms with Gasteiger partial charge in [-0.15, -0.1) is 0 Å². The molecule has 1 unspecified atom stereocenters. The summed E-state index contributed by atoms with van der Waals surface area (Å²) in [5, 5.41) is 3.88. The van der Waals surface area contributed by atoms with Crippen LogP contribution in [-0.4, -0.2) is 13.5 Å². The topological polar surface area (TPSA) is 55.7 Å². The molecule has 0 saturated heterocycles. The second kappa shape index (κ2) is 5.33. The van der Waals surface area contributed by atoms with Gasteiger partial charge in [-0.2, -0.15) is 0 Å². The number of rotatable bonds is 2. The molecule has 1 atom stereocenters. The number of hydrogen-bond acceptors (Lipinski definition) is 4. The lowest BCUT2D eigenvalue weighted by Crippen LogP contribution is -2.14. The van der Waals surface area contributed by atoms with Crippen LogP contribution in [0.4, 0.5) is 0 Å². The van der Waals surface area contributed by atoms with Crippen LogP contribution in [-0.2, 0) is 14.7 Å². The van der Waals surface area contributed by atoms with Crippen molar-refractivity contribution < 1.29 is 13.3 Å². The highest BCUT2D eigenvalue weighted by Crippen LogP contribution is 2.30. The van der Waals surface area contributed by atoms with E-state index < -0.39 is 9.84 Å². The molecule has 0 amide bonds. The zero-order valence-electron chi connectivity index (χ0n) is 11.6. The predicted molar refractivity (Wildman–Crippen MR) is 80.7 cm³/mol. The Hall–Kier alpha value is -2.14. The Labute approximate surface area is 124 Å². The summed E-state index contributed by atoms with van der Waals surface area (Å²) in [6, 6.07) is 16.3. The average molecular weight is 301 g/mol. The molecule has 0 bridgehead atoms. The predicted octanol–water partition coefficient (Wildman–Crippen LogP) is 3.24. The molecule has 0 spiro atoms. The Morgan fingerprint density at radius 1 is 1.05 bits per heavy atom. The minimum absolute atomic E-state index is 0.0835. The molecule has 2 aromatic rings. The number of hydrogen-bond donors (Lipinski definition) is 0. The van der Waals surface area contributed by atoms with Gasteiger partial charge >= 0.3 is 0 Å². The Balaban J connectivity index is 1.84. The lowest BCUT2D eigenvalue weighted by atomic mass is 10.1. The number of sulfone groups is 1. The molecule has 0 radical (unpaired) electrons. The van der Waals surface area contributed by atoms with E-state index in [0.717, 1.165) is 11.1 Å². The van der Waals surface area contributed by atoms with Crippen molar-refractivity contribution in [1.82, 2.24) is 0 Å². The largest absolute Gasteiger partial charge is 0.386 e. The first-order valence-electron chi connectivity index (χ1n) is 6.67. The van der Waals surface area contributed by atoms with Crippen LogP contribution in [0.1, 0.15) is 23.7 Å². The fraction of sp³-hybridized carbons (Fsp3) is 0.188. The highest BCUT2D eigenvalue weighted by atomic mass is 32.2. The van der Waals surface area contributed by atoms with Gasteiger partial charge < -0.3 is 4.84 Å². The molecule has 0 N–H and O–H groups in total. The fourth-order valence-corrected chi connectivity index (χ4v) is 3.49. The van der Waals surface area contributed by atoms with Gasteiger partial charge in [-0.25, -0.2) is 8.42 Å². The maximum atomic E-state index is 12.5. The van der Waals surface area contributed by atoms with Gasteiger partial charge in [0, 0.05) is 6.42 Å². The molecule has 5 heteroatoms. The van der Waals surface area contributed by atoms with Crippen molar-refractivity contribution in [3.05, 3.63) is 65.7 Å². The van der Waals surface area contributed by atoms with Gasteiger partial charge in [-0.3, -0.25) is 0 Å². The van der Waals surface area contributed by atoms with E-state index in [2.05, 4.69) is 5.16 Å². The Morgan fingerprint density at radius 2 is 1.71 bits per heavy atom. The van der Waals surface area contributed by atoms with Crippen molar-refractivity contribution in [2.24, 2.45) is 5.16 Å². The Morgan fingerprint density at radius 3 is 2.38 bits per heavy atom. The lowest BCUT2D eigenvalue weighted by Gasteiger charge is -2.07. The molecule has 1 aliphatic rings. The first-order chi connectivity index (χ1) is 10.1. The molecule has 108 valence electrons. The number of aryl methyl sites for hydroxylation is 1. The summed E-state index contributed by atoms with van der Waals surface area (Å²) in [6.07, 6.45) is -0.0679. The molecular formula is C16H15NO3S. The van der Waals surface area contributed by atoms with Gasteiger partial charge in [0.2, 0.25) is 9.84 Å². The van der Waals surface area contributed by atoms with Crippen LogP contribution in [0.3, 0.4) is 0 Å². The van der Waals surface area contributed by atoms with Crippen molar-refractivity contribution in [3.8, 4) is 0 Å². The molecule has 0 fully saturated rings. The highest BCUT2D eigenvalue weighted by molar-refractivity contribution is 8.06. The summed E-state index contributed by atoms with van der Waals surface area (Å²) < 4.78 is 25.0. The van der Waals surface area contributed by atoms with Crippen LogP contribution >= 0.6 is 0 Å². The Kier molecular flexibility index (Phi) is 3.51. The molecule has 1 heterocycles. The summed E-state index contributed by atoms with van der Waals surface area (Å²) in [7, 11) is -3.57. The lowest BCUT2D eigenvalue weighted by molar-refractivity contribution is 0.0858. The molecule has 0 aromatic heterocycles. The maximum Gasteiger partial charge on any atom is 0.223 e. The minimum Gasteiger partial charge on any atom is -0.386 e. The van der Waals surface area contributed by atoms with Crippen molar-refractivity contribution >= 4 is 14.9 Å². The monoisotopic (exact) mass is 301 g/mol. The van der Waals surface area contributed by atoms with Crippen molar-refractivity contribution in [2.75, 3.05) is 0 Å². The number of benzene rings is 2. The summed E-state index contributed by atoms with van der Waals surface area (Å²) in [6.45, 7) is 1.91. The maximum absolute atomic E-state index is 12.5. The normalized spacial score (nSPS) is 18.1. The molecule has 0 aliphatic carbocycles. The van der Waals surface area contributed by atoms with E-state index in [0.29, 0.717) is 0 Å². The fourth-order valence-electron chi connectivity index (χ4n) is 2.21. The van der Waals surface area contributed by atoms with Crippen molar-refractivity contribution in [3.63, 3.8) is 0 Å². The van der Waals surface area contributed by atoms with Gasteiger partial charge in [0.1, 0.15) is 0 Å². The first kappa shape index (κ1) is 13.8. The van der Waals surface area contributed by atoms with E-state index in [-0.39, 0.29) is 22.5 Å². The first-order valence-corrected chi connectivity index (χ1v) is 8.15. The van der Waals surface area contributed by atoms with Gasteiger partial charge in [0.15, 0.2) is 11.1 Å². The van der Waals surface area contributed by atoms with E-state index in [1.165, 1.54) is 0 Å². The molecule has 21 heavy (non-hydrogen) atoms. The van der Waals surface area contributed by atoms with Crippen LogP contribution in [0.25, 0.3) is 0 Å². The van der Waals surface area contributed by atoms with E-state index in [1.807, 2.05) is 37.3 Å². The molecular weight excluding hydrogens is 286 g/mol. The SMILES string of the molecule is Cc1ccc(S(=O)(=O)C2=NOC(c3ccccc3)C2)cc1. The van der Waals surface area contributed by atoms with Crippen LogP contribution in [0.15, 0.2) is 64.6 Å².